The van der Waals surface area contributed by atoms with Crippen molar-refractivity contribution in [2.45, 2.75) is 36.9 Å². The van der Waals surface area contributed by atoms with Gasteiger partial charge in [-0.05, 0) is 37.3 Å². The number of fused-ring (bicyclic) bond motifs is 4. The number of carbonyl (C=O) groups is 3. The molecule has 0 aliphatic carbocycles. The number of hydrogen-bond acceptors (Lipinski definition) is 6. The maximum absolute atomic E-state index is 13.6. The molecule has 160 valence electrons. The molecule has 3 saturated heterocycles. The van der Waals surface area contributed by atoms with Crippen LogP contribution >= 0.6 is 23.4 Å². The molecule has 9 heteroatoms. The summed E-state index contributed by atoms with van der Waals surface area (Å²) in [5.41, 5.74) is -0.0908. The molecule has 0 aromatic heterocycles. The third-order valence-electron chi connectivity index (χ3n) is 6.83. The molecule has 0 saturated carbocycles. The molecule has 4 aliphatic heterocycles. The highest BCUT2D eigenvalue weighted by Crippen LogP contribution is 2.54. The van der Waals surface area contributed by atoms with Crippen LogP contribution in [0.3, 0.4) is 0 Å². The zero-order chi connectivity index (χ0) is 21.0. The van der Waals surface area contributed by atoms with Crippen LogP contribution in [0.25, 0.3) is 0 Å². The summed E-state index contributed by atoms with van der Waals surface area (Å²) < 4.78 is 5.67. The van der Waals surface area contributed by atoms with Gasteiger partial charge in [0, 0.05) is 18.2 Å². The lowest BCUT2D eigenvalue weighted by atomic mass is 9.76. The number of benzene rings is 1. The van der Waals surface area contributed by atoms with Crippen LogP contribution in [-0.4, -0.2) is 59.9 Å². The molecule has 3 amide bonds. The quantitative estimate of drug-likeness (QED) is 0.668. The monoisotopic (exact) mass is 449 g/mol. The summed E-state index contributed by atoms with van der Waals surface area (Å²) in [5.74, 6) is -1.32. The number of likely N-dealkylation sites (tertiary alicyclic amines) is 1. The van der Waals surface area contributed by atoms with E-state index in [0.717, 1.165) is 18.6 Å². The van der Waals surface area contributed by atoms with Gasteiger partial charge in [-0.25, -0.2) is 0 Å². The van der Waals surface area contributed by atoms with Crippen molar-refractivity contribution < 1.29 is 19.1 Å². The van der Waals surface area contributed by atoms with Gasteiger partial charge in [0.1, 0.15) is 5.54 Å². The van der Waals surface area contributed by atoms with Crippen LogP contribution in [-0.2, 0) is 24.7 Å². The zero-order valence-corrected chi connectivity index (χ0v) is 18.2. The molecule has 1 aromatic carbocycles. The van der Waals surface area contributed by atoms with Crippen molar-refractivity contribution in [2.75, 3.05) is 30.5 Å². The molecule has 4 heterocycles. The van der Waals surface area contributed by atoms with Crippen LogP contribution in [0.4, 0.5) is 5.69 Å². The van der Waals surface area contributed by atoms with Crippen molar-refractivity contribution in [1.82, 2.24) is 10.2 Å². The molecular weight excluding hydrogens is 426 g/mol. The molecule has 5 rings (SSSR count). The normalized spacial score (nSPS) is 34.7. The summed E-state index contributed by atoms with van der Waals surface area (Å²) in [6, 6.07) is 5.05. The fraction of sp³-hybridized carbons (Fsp3) is 0.571. The predicted octanol–water partition coefficient (Wildman–Crippen LogP) is 1.99. The first kappa shape index (κ1) is 20.3. The molecule has 30 heavy (non-hydrogen) atoms. The number of para-hydroxylation sites is 1. The molecule has 0 unspecified atom stereocenters. The zero-order valence-electron chi connectivity index (χ0n) is 16.7. The van der Waals surface area contributed by atoms with E-state index < -0.39 is 17.4 Å². The van der Waals surface area contributed by atoms with Crippen LogP contribution in [0.1, 0.15) is 24.8 Å². The van der Waals surface area contributed by atoms with E-state index >= 15 is 0 Å². The number of ether oxygens (including phenoxy) is 1. The summed E-state index contributed by atoms with van der Waals surface area (Å²) in [6.45, 7) is 0.921. The lowest BCUT2D eigenvalue weighted by molar-refractivity contribution is -0.144. The molecule has 1 aromatic rings. The van der Waals surface area contributed by atoms with Crippen LogP contribution < -0.4 is 10.6 Å². The van der Waals surface area contributed by atoms with Crippen LogP contribution in [0.2, 0.25) is 5.02 Å². The molecule has 2 N–H and O–H groups in total. The molecule has 3 fully saturated rings. The Kier molecular flexibility index (Phi) is 5.08. The van der Waals surface area contributed by atoms with Crippen molar-refractivity contribution in [1.29, 1.82) is 0 Å². The Morgan fingerprint density at radius 1 is 1.30 bits per heavy atom. The fourth-order valence-electron chi connectivity index (χ4n) is 5.52. The Hall–Kier alpha value is -1.61. The van der Waals surface area contributed by atoms with Gasteiger partial charge in [0.2, 0.25) is 17.7 Å². The van der Waals surface area contributed by atoms with E-state index in [2.05, 4.69) is 10.6 Å². The van der Waals surface area contributed by atoms with Gasteiger partial charge in [-0.3, -0.25) is 24.6 Å². The summed E-state index contributed by atoms with van der Waals surface area (Å²) in [7, 11) is 0. The van der Waals surface area contributed by atoms with E-state index in [9.17, 15) is 14.4 Å². The van der Waals surface area contributed by atoms with E-state index in [1.54, 1.807) is 23.9 Å². The van der Waals surface area contributed by atoms with Crippen molar-refractivity contribution in [3.8, 4) is 0 Å². The second-order valence-electron chi connectivity index (χ2n) is 8.38. The summed E-state index contributed by atoms with van der Waals surface area (Å²) in [6.07, 6.45) is 4.35. The van der Waals surface area contributed by atoms with Gasteiger partial charge >= 0.3 is 0 Å². The Balaban J connectivity index is 1.57. The minimum Gasteiger partial charge on any atom is -0.376 e. The van der Waals surface area contributed by atoms with E-state index in [0.29, 0.717) is 29.3 Å². The van der Waals surface area contributed by atoms with Gasteiger partial charge < -0.3 is 10.1 Å². The van der Waals surface area contributed by atoms with E-state index in [-0.39, 0.29) is 36.4 Å². The molecule has 4 aliphatic rings. The standard InChI is InChI=1S/C21H24ClN3O4S/c1-30-9-7-14-15-16(19(27)25(18(15)26)10-11-4-3-8-29-11)21(24-14)12-5-2-6-13(22)17(12)23-20(21)28/h2,5-6,11,14-16,24H,3-4,7-10H2,1H3,(H,23,28)/t11-,14+,15-,16-,21-/m0/s1. The van der Waals surface area contributed by atoms with E-state index in [4.69, 9.17) is 16.3 Å². The van der Waals surface area contributed by atoms with E-state index in [1.165, 1.54) is 4.90 Å². The first-order valence-electron chi connectivity index (χ1n) is 10.3. The highest BCUT2D eigenvalue weighted by Gasteiger charge is 2.70. The maximum atomic E-state index is 13.6. The molecule has 7 nitrogen and oxygen atoms in total. The highest BCUT2D eigenvalue weighted by atomic mass is 35.5. The minimum atomic E-state index is -1.27. The largest absolute Gasteiger partial charge is 0.376 e. The average Bonchev–Trinajstić information content (AvgIpc) is 3.47. The second kappa shape index (κ2) is 7.51. The highest BCUT2D eigenvalue weighted by molar-refractivity contribution is 7.98. The second-order valence-corrected chi connectivity index (χ2v) is 9.78. The van der Waals surface area contributed by atoms with Crippen molar-refractivity contribution >= 4 is 46.8 Å². The molecular formula is C21H24ClN3O4S. The molecule has 0 bridgehead atoms. The number of nitrogens with zero attached hydrogens (tertiary/aromatic N) is 1. The number of anilines is 1. The van der Waals surface area contributed by atoms with Gasteiger partial charge in [-0.1, -0.05) is 23.7 Å². The number of nitrogens with one attached hydrogen (secondary N) is 2. The van der Waals surface area contributed by atoms with Crippen LogP contribution in [0, 0.1) is 11.8 Å². The average molecular weight is 450 g/mol. The van der Waals surface area contributed by atoms with Crippen LogP contribution in [0.15, 0.2) is 18.2 Å². The lowest BCUT2D eigenvalue weighted by Crippen LogP contribution is -2.53. The van der Waals surface area contributed by atoms with Gasteiger partial charge in [-0.2, -0.15) is 11.8 Å². The molecule has 0 radical (unpaired) electrons. The lowest BCUT2D eigenvalue weighted by Gasteiger charge is -2.30. The van der Waals surface area contributed by atoms with Gasteiger partial charge in [0.15, 0.2) is 0 Å². The van der Waals surface area contributed by atoms with Crippen molar-refractivity contribution in [3.63, 3.8) is 0 Å². The summed E-state index contributed by atoms with van der Waals surface area (Å²) >= 11 is 8.02. The van der Waals surface area contributed by atoms with Gasteiger partial charge in [0.25, 0.3) is 0 Å². The Morgan fingerprint density at radius 2 is 2.13 bits per heavy atom. The maximum Gasteiger partial charge on any atom is 0.250 e. The predicted molar refractivity (Wildman–Crippen MR) is 114 cm³/mol. The summed E-state index contributed by atoms with van der Waals surface area (Å²) in [4.78, 5) is 41.7. The molecule has 1 spiro atoms. The van der Waals surface area contributed by atoms with Crippen molar-refractivity contribution in [2.24, 2.45) is 11.8 Å². The number of thioether (sulfide) groups is 1. The SMILES string of the molecule is CSCC[C@H]1N[C@]2(C(=O)Nc3c(Cl)cccc32)[C@@H]2C(=O)N(C[C@@H]3CCCO3)C(=O)[C@H]21. The Bertz CT molecular complexity index is 922. The first-order chi connectivity index (χ1) is 14.5. The number of carbonyl (C=O) groups excluding carboxylic acids is 3. The minimum absolute atomic E-state index is 0.121. The number of amides is 3. The third-order valence-corrected chi connectivity index (χ3v) is 7.79. The Morgan fingerprint density at radius 3 is 2.87 bits per heavy atom. The fourth-order valence-corrected chi connectivity index (χ4v) is 6.23. The molecule has 5 atom stereocenters. The van der Waals surface area contributed by atoms with Crippen molar-refractivity contribution in [3.05, 3.63) is 28.8 Å². The number of halogens is 1. The third kappa shape index (κ3) is 2.77. The first-order valence-corrected chi connectivity index (χ1v) is 12.1. The van der Waals surface area contributed by atoms with E-state index in [1.807, 2.05) is 12.3 Å². The smallest absolute Gasteiger partial charge is 0.250 e. The summed E-state index contributed by atoms with van der Waals surface area (Å²) in [5, 5.41) is 6.72. The van der Waals surface area contributed by atoms with Gasteiger partial charge in [0.05, 0.1) is 35.2 Å². The Labute approximate surface area is 184 Å². The van der Waals surface area contributed by atoms with Crippen LogP contribution in [0.5, 0.6) is 0 Å². The number of hydrogen-bond donors (Lipinski definition) is 2. The van der Waals surface area contributed by atoms with Gasteiger partial charge in [-0.15, -0.1) is 0 Å². The number of rotatable bonds is 5. The topological polar surface area (TPSA) is 87.7 Å². The number of imide groups is 1.